The summed E-state index contributed by atoms with van der Waals surface area (Å²) >= 11 is 5.69. The van der Waals surface area contributed by atoms with E-state index in [9.17, 15) is 18.7 Å². The van der Waals surface area contributed by atoms with Crippen LogP contribution in [0.1, 0.15) is 13.8 Å². The van der Waals surface area contributed by atoms with E-state index >= 15 is 0 Å². The van der Waals surface area contributed by atoms with E-state index in [0.29, 0.717) is 0 Å². The van der Waals surface area contributed by atoms with Crippen LogP contribution in [0.15, 0.2) is 18.2 Å². The lowest BCUT2D eigenvalue weighted by Gasteiger charge is -2.15. The van der Waals surface area contributed by atoms with Gasteiger partial charge in [0.15, 0.2) is 0 Å². The molecule has 0 aliphatic rings. The summed E-state index contributed by atoms with van der Waals surface area (Å²) in [5.41, 5.74) is 0.242. The number of anilines is 1. The van der Waals surface area contributed by atoms with Crippen LogP contribution in [0.5, 0.6) is 5.75 Å². The highest BCUT2D eigenvalue weighted by molar-refractivity contribution is 6.32. The standard InChI is InChI=1S/C13H17ClF2N2O3/c1-7(2)10(19)6-17-13(20)18-8-3-4-9(14)11(5-8)21-12(15)16/h3-5,7,10,12,19H,6H2,1-2H3,(H2,17,18,20). The molecule has 0 heterocycles. The smallest absolute Gasteiger partial charge is 0.387 e. The molecule has 0 aliphatic carbocycles. The number of carbonyl (C=O) groups is 1. The van der Waals surface area contributed by atoms with Crippen LogP contribution in [0.4, 0.5) is 19.3 Å². The summed E-state index contributed by atoms with van der Waals surface area (Å²) in [6, 6.07) is 3.39. The van der Waals surface area contributed by atoms with Crippen molar-refractivity contribution < 1.29 is 23.4 Å². The van der Waals surface area contributed by atoms with Crippen molar-refractivity contribution in [3.05, 3.63) is 23.2 Å². The summed E-state index contributed by atoms with van der Waals surface area (Å²) in [5.74, 6) is -0.224. The Morgan fingerprint density at radius 3 is 2.67 bits per heavy atom. The zero-order valence-corrected chi connectivity index (χ0v) is 12.3. The minimum atomic E-state index is -3.01. The van der Waals surface area contributed by atoms with Crippen LogP contribution in [-0.2, 0) is 0 Å². The first-order valence-corrected chi connectivity index (χ1v) is 6.64. The molecule has 0 aromatic heterocycles. The number of rotatable bonds is 6. The van der Waals surface area contributed by atoms with Gasteiger partial charge < -0.3 is 20.5 Å². The van der Waals surface area contributed by atoms with Crippen LogP contribution in [0, 0.1) is 5.92 Å². The van der Waals surface area contributed by atoms with Crippen LogP contribution in [0.3, 0.4) is 0 Å². The number of urea groups is 1. The van der Waals surface area contributed by atoms with Gasteiger partial charge in [-0.25, -0.2) is 4.79 Å². The van der Waals surface area contributed by atoms with Crippen molar-refractivity contribution in [3.8, 4) is 5.75 Å². The number of nitrogens with one attached hydrogen (secondary N) is 2. The molecule has 0 saturated heterocycles. The number of aliphatic hydroxyl groups is 1. The summed E-state index contributed by atoms with van der Waals surface area (Å²) in [4.78, 5) is 11.6. The average molecular weight is 323 g/mol. The van der Waals surface area contributed by atoms with E-state index in [1.165, 1.54) is 18.2 Å². The molecule has 1 atom stereocenters. The van der Waals surface area contributed by atoms with Crippen LogP contribution in [0.2, 0.25) is 5.02 Å². The SMILES string of the molecule is CC(C)C(O)CNC(=O)Nc1ccc(Cl)c(OC(F)F)c1. The fraction of sp³-hybridized carbons (Fsp3) is 0.462. The van der Waals surface area contributed by atoms with E-state index in [1.807, 2.05) is 13.8 Å². The highest BCUT2D eigenvalue weighted by atomic mass is 35.5. The molecule has 1 aromatic carbocycles. The van der Waals surface area contributed by atoms with E-state index in [1.54, 1.807) is 0 Å². The Kier molecular flexibility index (Phi) is 6.64. The quantitative estimate of drug-likeness (QED) is 0.753. The van der Waals surface area contributed by atoms with Gasteiger partial charge in [0.05, 0.1) is 11.1 Å². The first-order valence-electron chi connectivity index (χ1n) is 6.27. The van der Waals surface area contributed by atoms with E-state index in [0.717, 1.165) is 0 Å². The third kappa shape index (κ3) is 6.14. The minimum Gasteiger partial charge on any atom is -0.433 e. The lowest BCUT2D eigenvalue weighted by atomic mass is 10.1. The molecule has 1 unspecified atom stereocenters. The van der Waals surface area contributed by atoms with E-state index < -0.39 is 18.7 Å². The molecule has 0 saturated carbocycles. The predicted molar refractivity (Wildman–Crippen MR) is 76.0 cm³/mol. The second-order valence-corrected chi connectivity index (χ2v) is 5.08. The van der Waals surface area contributed by atoms with E-state index in [2.05, 4.69) is 15.4 Å². The topological polar surface area (TPSA) is 70.6 Å². The molecular weight excluding hydrogens is 306 g/mol. The van der Waals surface area contributed by atoms with Gasteiger partial charge in [-0.3, -0.25) is 0 Å². The van der Waals surface area contributed by atoms with Gasteiger partial charge in [-0.2, -0.15) is 8.78 Å². The van der Waals surface area contributed by atoms with Gasteiger partial charge in [-0.1, -0.05) is 25.4 Å². The largest absolute Gasteiger partial charge is 0.433 e. The van der Waals surface area contributed by atoms with Crippen molar-refractivity contribution in [1.29, 1.82) is 0 Å². The van der Waals surface area contributed by atoms with Crippen molar-refractivity contribution in [2.24, 2.45) is 5.92 Å². The van der Waals surface area contributed by atoms with E-state index in [4.69, 9.17) is 11.6 Å². The second-order valence-electron chi connectivity index (χ2n) is 4.67. The van der Waals surface area contributed by atoms with Gasteiger partial charge in [0.1, 0.15) is 5.75 Å². The second kappa shape index (κ2) is 7.99. The zero-order valence-electron chi connectivity index (χ0n) is 11.6. The summed E-state index contributed by atoms with van der Waals surface area (Å²) in [6.45, 7) is 0.708. The Morgan fingerprint density at radius 2 is 2.10 bits per heavy atom. The van der Waals surface area contributed by atoms with Gasteiger partial charge in [0.25, 0.3) is 0 Å². The molecule has 5 nitrogen and oxygen atoms in total. The molecule has 0 fully saturated rings. The number of amides is 2. The van der Waals surface area contributed by atoms with Gasteiger partial charge in [0.2, 0.25) is 0 Å². The summed E-state index contributed by atoms with van der Waals surface area (Å²) < 4.78 is 28.6. The molecule has 8 heteroatoms. The molecule has 1 aromatic rings. The molecule has 0 radical (unpaired) electrons. The van der Waals surface area contributed by atoms with Crippen molar-refractivity contribution in [1.82, 2.24) is 5.32 Å². The van der Waals surface area contributed by atoms with Crippen molar-refractivity contribution in [3.63, 3.8) is 0 Å². The Bertz CT molecular complexity index is 486. The average Bonchev–Trinajstić information content (AvgIpc) is 2.39. The van der Waals surface area contributed by atoms with Crippen molar-refractivity contribution in [2.45, 2.75) is 26.6 Å². The fourth-order valence-corrected chi connectivity index (χ4v) is 1.54. The maximum absolute atomic E-state index is 12.2. The zero-order chi connectivity index (χ0) is 16.0. The summed E-state index contributed by atoms with van der Waals surface area (Å²) in [7, 11) is 0. The number of carbonyl (C=O) groups excluding carboxylic acids is 1. The Labute approximate surface area is 126 Å². The van der Waals surface area contributed by atoms with Crippen LogP contribution in [0.25, 0.3) is 0 Å². The highest BCUT2D eigenvalue weighted by Gasteiger charge is 2.12. The van der Waals surface area contributed by atoms with Crippen LogP contribution in [-0.4, -0.2) is 30.4 Å². The summed E-state index contributed by atoms with van der Waals surface area (Å²) in [5, 5.41) is 14.5. The number of hydrogen-bond donors (Lipinski definition) is 3. The van der Waals surface area contributed by atoms with Crippen molar-refractivity contribution >= 4 is 23.3 Å². The number of halogens is 3. The number of benzene rings is 1. The third-order valence-corrected chi connectivity index (χ3v) is 2.96. The maximum atomic E-state index is 12.2. The van der Waals surface area contributed by atoms with Gasteiger partial charge in [-0.05, 0) is 18.1 Å². The predicted octanol–water partition coefficient (Wildman–Crippen LogP) is 3.08. The first kappa shape index (κ1) is 17.5. The maximum Gasteiger partial charge on any atom is 0.387 e. The lowest BCUT2D eigenvalue weighted by molar-refractivity contribution is -0.0497. The molecule has 0 spiro atoms. The van der Waals surface area contributed by atoms with Gasteiger partial charge >= 0.3 is 12.6 Å². The van der Waals surface area contributed by atoms with Crippen LogP contribution >= 0.6 is 11.6 Å². The molecule has 2 amide bonds. The first-order chi connectivity index (χ1) is 9.79. The number of aliphatic hydroxyl groups excluding tert-OH is 1. The fourth-order valence-electron chi connectivity index (χ4n) is 1.38. The van der Waals surface area contributed by atoms with Crippen LogP contribution < -0.4 is 15.4 Å². The van der Waals surface area contributed by atoms with Gasteiger partial charge in [0, 0.05) is 18.3 Å². The Balaban J connectivity index is 2.60. The molecule has 0 aliphatic heterocycles. The lowest BCUT2D eigenvalue weighted by Crippen LogP contribution is -2.37. The normalized spacial score (nSPS) is 12.4. The Hall–Kier alpha value is -1.60. The number of alkyl halides is 2. The molecule has 21 heavy (non-hydrogen) atoms. The minimum absolute atomic E-state index is 0.00637. The van der Waals surface area contributed by atoms with E-state index in [-0.39, 0.29) is 28.9 Å². The molecular formula is C13H17ClF2N2O3. The highest BCUT2D eigenvalue weighted by Crippen LogP contribution is 2.29. The Morgan fingerprint density at radius 1 is 1.43 bits per heavy atom. The molecule has 1 rings (SSSR count). The molecule has 3 N–H and O–H groups in total. The number of ether oxygens (including phenoxy) is 1. The number of hydrogen-bond acceptors (Lipinski definition) is 3. The summed E-state index contributed by atoms with van der Waals surface area (Å²) in [6.07, 6.45) is -0.668. The molecule has 118 valence electrons. The van der Waals surface area contributed by atoms with Gasteiger partial charge in [-0.15, -0.1) is 0 Å². The molecule has 0 bridgehead atoms. The third-order valence-electron chi connectivity index (χ3n) is 2.65. The monoisotopic (exact) mass is 322 g/mol. The van der Waals surface area contributed by atoms with Crippen molar-refractivity contribution in [2.75, 3.05) is 11.9 Å².